The van der Waals surface area contributed by atoms with Crippen LogP contribution in [-0.2, 0) is 15.1 Å². The number of hydrogen-bond donors (Lipinski definition) is 2. The number of imide groups is 1. The van der Waals surface area contributed by atoms with Crippen molar-refractivity contribution in [3.8, 4) is 10.6 Å². The molecule has 1 aliphatic rings. The Morgan fingerprint density at radius 1 is 1.08 bits per heavy atom. The summed E-state index contributed by atoms with van der Waals surface area (Å²) in [4.78, 5) is 44.1. The fourth-order valence-electron chi connectivity index (χ4n) is 4.34. The third-order valence-electron chi connectivity index (χ3n) is 6.30. The quantitative estimate of drug-likeness (QED) is 0.354. The molecule has 36 heavy (non-hydrogen) atoms. The maximum Gasteiger partial charge on any atom is 0.325 e. The first-order chi connectivity index (χ1) is 17.3. The third kappa shape index (κ3) is 4.22. The predicted molar refractivity (Wildman–Crippen MR) is 137 cm³/mol. The molecular weight excluding hydrogens is 479 g/mol. The molecule has 1 saturated heterocycles. The van der Waals surface area contributed by atoms with Crippen molar-refractivity contribution in [1.29, 1.82) is 0 Å². The maximum absolute atomic E-state index is 13.4. The maximum atomic E-state index is 13.4. The van der Waals surface area contributed by atoms with Crippen molar-refractivity contribution in [2.24, 2.45) is 0 Å². The zero-order chi connectivity index (χ0) is 25.4. The van der Waals surface area contributed by atoms with Crippen LogP contribution in [0.3, 0.4) is 0 Å². The molecule has 1 atom stereocenters. The molecule has 7 nitrogen and oxygen atoms in total. The number of carbonyl (C=O) groups is 3. The van der Waals surface area contributed by atoms with E-state index in [1.165, 1.54) is 29.8 Å². The van der Waals surface area contributed by atoms with Gasteiger partial charge in [0.15, 0.2) is 0 Å². The van der Waals surface area contributed by atoms with Crippen molar-refractivity contribution in [2.45, 2.75) is 25.8 Å². The Balaban J connectivity index is 1.28. The van der Waals surface area contributed by atoms with Crippen molar-refractivity contribution < 1.29 is 18.8 Å². The molecule has 0 radical (unpaired) electrons. The van der Waals surface area contributed by atoms with Gasteiger partial charge in [-0.05, 0) is 73.0 Å². The Kier molecular flexibility index (Phi) is 6.01. The molecule has 0 aliphatic carbocycles. The van der Waals surface area contributed by atoms with Gasteiger partial charge in [0.2, 0.25) is 5.91 Å². The Morgan fingerprint density at radius 3 is 2.50 bits per heavy atom. The first-order valence-electron chi connectivity index (χ1n) is 11.5. The lowest BCUT2D eigenvalue weighted by atomic mass is 9.87. The number of nitrogens with one attached hydrogen (secondary N) is 2. The first-order valence-corrected chi connectivity index (χ1v) is 12.3. The summed E-state index contributed by atoms with van der Waals surface area (Å²) in [5.74, 6) is -1.49. The van der Waals surface area contributed by atoms with Crippen LogP contribution in [-0.4, -0.2) is 34.3 Å². The highest BCUT2D eigenvalue weighted by Crippen LogP contribution is 2.33. The Hall–Kier alpha value is -4.11. The molecule has 4 amide bonds. The third-order valence-corrected chi connectivity index (χ3v) is 7.37. The van der Waals surface area contributed by atoms with Crippen molar-refractivity contribution in [3.63, 3.8) is 0 Å². The molecule has 5 rings (SSSR count). The normalized spacial score (nSPS) is 17.5. The molecule has 0 unspecified atom stereocenters. The number of urea groups is 1. The van der Waals surface area contributed by atoms with E-state index in [2.05, 4.69) is 21.7 Å². The van der Waals surface area contributed by atoms with Crippen LogP contribution in [0.4, 0.5) is 14.9 Å². The minimum atomic E-state index is -1.33. The van der Waals surface area contributed by atoms with E-state index >= 15 is 0 Å². The molecule has 9 heteroatoms. The van der Waals surface area contributed by atoms with Gasteiger partial charge in [-0.25, -0.2) is 14.2 Å². The smallest absolute Gasteiger partial charge is 0.325 e. The van der Waals surface area contributed by atoms with Crippen LogP contribution < -0.4 is 10.6 Å². The van der Waals surface area contributed by atoms with Crippen LogP contribution in [0.2, 0.25) is 0 Å². The number of carbonyl (C=O) groups excluding carboxylic acids is 3. The molecular formula is C27H23FN4O3S. The fraction of sp³-hybridized carbons (Fsp3) is 0.185. The highest BCUT2D eigenvalue weighted by atomic mass is 32.1. The zero-order valence-electron chi connectivity index (χ0n) is 19.7. The van der Waals surface area contributed by atoms with E-state index in [4.69, 9.17) is 0 Å². The number of fused-ring (bicyclic) bond motifs is 1. The highest BCUT2D eigenvalue weighted by Gasteiger charge is 2.51. The van der Waals surface area contributed by atoms with Crippen LogP contribution in [0.15, 0.2) is 66.7 Å². The van der Waals surface area contributed by atoms with E-state index in [0.29, 0.717) is 11.3 Å². The SMILES string of the molecule is CC[C@@]1(c2ccc(F)cc2)NC(=O)N(CC(=O)Nc2ccc(-c3nc4ccc(C)cc4s3)cc2)C1=O. The van der Waals surface area contributed by atoms with Crippen molar-refractivity contribution in [3.05, 3.63) is 83.7 Å². The van der Waals surface area contributed by atoms with Gasteiger partial charge in [-0.15, -0.1) is 11.3 Å². The second-order valence-corrected chi connectivity index (χ2v) is 9.73. The molecule has 2 N–H and O–H groups in total. The number of rotatable bonds is 6. The molecule has 3 aromatic carbocycles. The van der Waals surface area contributed by atoms with Crippen LogP contribution in [0.5, 0.6) is 0 Å². The van der Waals surface area contributed by atoms with E-state index in [1.54, 1.807) is 30.4 Å². The van der Waals surface area contributed by atoms with E-state index in [-0.39, 0.29) is 6.42 Å². The van der Waals surface area contributed by atoms with Gasteiger partial charge in [0.1, 0.15) is 22.9 Å². The zero-order valence-corrected chi connectivity index (χ0v) is 20.5. The van der Waals surface area contributed by atoms with Crippen LogP contribution in [0, 0.1) is 12.7 Å². The molecule has 0 spiro atoms. The average Bonchev–Trinajstić information content (AvgIpc) is 3.39. The van der Waals surface area contributed by atoms with Gasteiger partial charge >= 0.3 is 6.03 Å². The summed E-state index contributed by atoms with van der Waals surface area (Å²) in [6.07, 6.45) is 0.258. The van der Waals surface area contributed by atoms with E-state index in [9.17, 15) is 18.8 Å². The lowest BCUT2D eigenvalue weighted by Crippen LogP contribution is -2.44. The summed E-state index contributed by atoms with van der Waals surface area (Å²) >= 11 is 1.60. The molecule has 2 heterocycles. The number of amides is 4. The minimum Gasteiger partial charge on any atom is -0.325 e. The second-order valence-electron chi connectivity index (χ2n) is 8.70. The predicted octanol–water partition coefficient (Wildman–Crippen LogP) is 5.21. The standard InChI is InChI=1S/C27H23FN4O3S/c1-3-27(18-7-9-19(28)10-8-18)25(34)32(26(35)31-27)15-23(33)29-20-11-5-17(6-12-20)24-30-21-13-4-16(2)14-22(21)36-24/h4-14H,3,15H2,1-2H3,(H,29,33)(H,31,35)/t27-/m0/s1. The van der Waals surface area contributed by atoms with Gasteiger partial charge in [0, 0.05) is 11.3 Å². The summed E-state index contributed by atoms with van der Waals surface area (Å²) in [6.45, 7) is 3.35. The average molecular weight is 503 g/mol. The number of thiazole rings is 1. The second kappa shape index (κ2) is 9.16. The minimum absolute atomic E-state index is 0.258. The number of anilines is 1. The van der Waals surface area contributed by atoms with E-state index in [0.717, 1.165) is 25.7 Å². The fourth-order valence-corrected chi connectivity index (χ4v) is 5.41. The Labute approximate surface area is 211 Å². The molecule has 1 fully saturated rings. The highest BCUT2D eigenvalue weighted by molar-refractivity contribution is 7.21. The summed E-state index contributed by atoms with van der Waals surface area (Å²) < 4.78 is 14.5. The Morgan fingerprint density at radius 2 is 1.81 bits per heavy atom. The summed E-state index contributed by atoms with van der Waals surface area (Å²) in [5.41, 5.74) is 2.71. The van der Waals surface area contributed by atoms with Gasteiger partial charge in [0.05, 0.1) is 10.2 Å². The monoisotopic (exact) mass is 502 g/mol. The lowest BCUT2D eigenvalue weighted by Gasteiger charge is -2.25. The van der Waals surface area contributed by atoms with Gasteiger partial charge in [-0.2, -0.15) is 0 Å². The Bertz CT molecular complexity index is 1480. The number of hydrogen-bond acceptors (Lipinski definition) is 5. The summed E-state index contributed by atoms with van der Waals surface area (Å²) in [5, 5.41) is 6.31. The lowest BCUT2D eigenvalue weighted by molar-refractivity contribution is -0.134. The number of aromatic nitrogens is 1. The van der Waals surface area contributed by atoms with E-state index in [1.807, 2.05) is 31.2 Å². The number of nitrogens with zero attached hydrogens (tertiary/aromatic N) is 2. The molecule has 1 aromatic heterocycles. The summed E-state index contributed by atoms with van der Waals surface area (Å²) in [6, 6.07) is 18.1. The largest absolute Gasteiger partial charge is 0.325 e. The molecule has 182 valence electrons. The van der Waals surface area contributed by atoms with Crippen molar-refractivity contribution in [2.75, 3.05) is 11.9 Å². The summed E-state index contributed by atoms with van der Waals surface area (Å²) in [7, 11) is 0. The molecule has 0 bridgehead atoms. The molecule has 0 saturated carbocycles. The van der Waals surface area contributed by atoms with Gasteiger partial charge in [0.25, 0.3) is 5.91 Å². The van der Waals surface area contributed by atoms with Crippen LogP contribution in [0.1, 0.15) is 24.5 Å². The van der Waals surface area contributed by atoms with Crippen LogP contribution >= 0.6 is 11.3 Å². The first kappa shape index (κ1) is 23.6. The molecule has 1 aliphatic heterocycles. The van der Waals surface area contributed by atoms with Gasteiger partial charge in [-0.1, -0.05) is 25.1 Å². The van der Waals surface area contributed by atoms with Gasteiger partial charge < -0.3 is 10.6 Å². The van der Waals surface area contributed by atoms with Crippen molar-refractivity contribution in [1.82, 2.24) is 15.2 Å². The van der Waals surface area contributed by atoms with E-state index < -0.39 is 35.7 Å². The van der Waals surface area contributed by atoms with Crippen LogP contribution in [0.25, 0.3) is 20.8 Å². The number of benzene rings is 3. The molecule has 4 aromatic rings. The topological polar surface area (TPSA) is 91.4 Å². The van der Waals surface area contributed by atoms with Crippen molar-refractivity contribution >= 4 is 45.1 Å². The van der Waals surface area contributed by atoms with Gasteiger partial charge in [-0.3, -0.25) is 14.5 Å². The number of aryl methyl sites for hydroxylation is 1. The number of halogens is 1.